The molecule has 2 aromatic carbocycles. The van der Waals surface area contributed by atoms with E-state index in [0.29, 0.717) is 16.5 Å². The summed E-state index contributed by atoms with van der Waals surface area (Å²) in [7, 11) is -2.90. The highest BCUT2D eigenvalue weighted by atomic mass is 35.5. The maximum atomic E-state index is 12.1. The van der Waals surface area contributed by atoms with E-state index in [1.54, 1.807) is 24.3 Å². The molecule has 9 heteroatoms. The fourth-order valence-corrected chi connectivity index (χ4v) is 2.82. The fraction of sp³-hybridized carbons (Fsp3) is 0.188. The molecular weight excluding hydrogens is 370 g/mol. The number of hydrogen-bond acceptors (Lipinski definition) is 7. The lowest BCUT2D eigenvalue weighted by molar-refractivity contribution is -0.142. The predicted molar refractivity (Wildman–Crippen MR) is 91.1 cm³/mol. The van der Waals surface area contributed by atoms with Crippen LogP contribution in [0.5, 0.6) is 11.5 Å². The Kier molecular flexibility index (Phi) is 6.38. The van der Waals surface area contributed by atoms with E-state index < -0.39 is 28.7 Å². The first-order valence-electron chi connectivity index (χ1n) is 7.08. The van der Waals surface area contributed by atoms with Crippen LogP contribution in [0.1, 0.15) is 0 Å². The summed E-state index contributed by atoms with van der Waals surface area (Å²) in [4.78, 5) is 11.1. The molecule has 2 rings (SSSR count). The number of carbonyl (C=O) groups excluding carboxylic acids is 1. The van der Waals surface area contributed by atoms with Gasteiger partial charge in [-0.25, -0.2) is 0 Å². The summed E-state index contributed by atoms with van der Waals surface area (Å²) in [5.41, 5.74) is 5.44. The first kappa shape index (κ1) is 19.2. The molecule has 0 radical (unpaired) electrons. The van der Waals surface area contributed by atoms with Gasteiger partial charge in [0, 0.05) is 5.02 Å². The van der Waals surface area contributed by atoms with Gasteiger partial charge in [-0.1, -0.05) is 11.6 Å². The van der Waals surface area contributed by atoms with Gasteiger partial charge in [0.25, 0.3) is 10.1 Å². The maximum Gasteiger partial charge on any atom is 0.325 e. The standard InChI is InChI=1S/C16H16ClNO6S/c1-22-16(19)15(18)10-23-25(20,21)14-8-6-13(7-9-14)24-12-4-2-11(17)3-5-12/h2-9,15H,10,18H2,1H3. The molecule has 0 aromatic heterocycles. The second kappa shape index (κ2) is 8.30. The van der Waals surface area contributed by atoms with Crippen LogP contribution in [-0.2, 0) is 23.8 Å². The molecule has 1 atom stereocenters. The second-order valence-electron chi connectivity index (χ2n) is 4.90. The zero-order valence-corrected chi connectivity index (χ0v) is 14.8. The van der Waals surface area contributed by atoms with E-state index in [1.807, 2.05) is 0 Å². The van der Waals surface area contributed by atoms with Crippen molar-refractivity contribution in [1.29, 1.82) is 0 Å². The smallest absolute Gasteiger partial charge is 0.325 e. The van der Waals surface area contributed by atoms with Crippen molar-refractivity contribution in [2.24, 2.45) is 5.73 Å². The molecule has 2 N–H and O–H groups in total. The minimum atomic E-state index is -4.05. The first-order valence-corrected chi connectivity index (χ1v) is 8.87. The number of halogens is 1. The van der Waals surface area contributed by atoms with Gasteiger partial charge in [-0.15, -0.1) is 0 Å². The van der Waals surface area contributed by atoms with Gasteiger partial charge in [0.05, 0.1) is 18.6 Å². The molecule has 0 amide bonds. The summed E-state index contributed by atoms with van der Waals surface area (Å²) < 4.78 is 38.9. The lowest BCUT2D eigenvalue weighted by Crippen LogP contribution is -2.36. The van der Waals surface area contributed by atoms with Crippen molar-refractivity contribution in [3.05, 3.63) is 53.6 Å². The summed E-state index contributed by atoms with van der Waals surface area (Å²) in [6, 6.07) is 11.1. The molecule has 2 aromatic rings. The minimum absolute atomic E-state index is 0.0898. The number of ether oxygens (including phenoxy) is 2. The van der Waals surface area contributed by atoms with Crippen LogP contribution in [0, 0.1) is 0 Å². The molecule has 0 spiro atoms. The van der Waals surface area contributed by atoms with E-state index in [-0.39, 0.29) is 4.90 Å². The highest BCUT2D eigenvalue weighted by Gasteiger charge is 2.21. The molecule has 134 valence electrons. The van der Waals surface area contributed by atoms with Gasteiger partial charge in [-0.05, 0) is 48.5 Å². The number of hydrogen-bond donors (Lipinski definition) is 1. The SMILES string of the molecule is COC(=O)C(N)COS(=O)(=O)c1ccc(Oc2ccc(Cl)cc2)cc1. The van der Waals surface area contributed by atoms with Crippen molar-refractivity contribution >= 4 is 27.7 Å². The first-order chi connectivity index (χ1) is 11.8. The topological polar surface area (TPSA) is 105 Å². The predicted octanol–water partition coefficient (Wildman–Crippen LogP) is 2.34. The van der Waals surface area contributed by atoms with Crippen LogP contribution in [0.3, 0.4) is 0 Å². The molecule has 7 nitrogen and oxygen atoms in total. The van der Waals surface area contributed by atoms with Crippen molar-refractivity contribution in [3.8, 4) is 11.5 Å². The zero-order valence-electron chi connectivity index (χ0n) is 13.2. The average Bonchev–Trinajstić information content (AvgIpc) is 2.61. The van der Waals surface area contributed by atoms with Gasteiger partial charge in [0.1, 0.15) is 17.5 Å². The van der Waals surface area contributed by atoms with E-state index in [0.717, 1.165) is 7.11 Å². The average molecular weight is 386 g/mol. The summed E-state index contributed by atoms with van der Waals surface area (Å²) in [6.07, 6.45) is 0. The third-order valence-corrected chi connectivity index (χ3v) is 4.62. The Balaban J connectivity index is 2.02. The van der Waals surface area contributed by atoms with Crippen LogP contribution in [0.2, 0.25) is 5.02 Å². The summed E-state index contributed by atoms with van der Waals surface area (Å²) in [5, 5.41) is 0.580. The number of rotatable bonds is 7. The second-order valence-corrected chi connectivity index (χ2v) is 6.95. The highest BCUT2D eigenvalue weighted by Crippen LogP contribution is 2.24. The Morgan fingerprint density at radius 2 is 1.60 bits per heavy atom. The van der Waals surface area contributed by atoms with E-state index in [1.165, 1.54) is 24.3 Å². The fourth-order valence-electron chi connectivity index (χ4n) is 1.76. The number of methoxy groups -OCH3 is 1. The molecule has 0 heterocycles. The zero-order chi connectivity index (χ0) is 18.4. The normalized spacial score (nSPS) is 12.4. The van der Waals surface area contributed by atoms with Gasteiger partial charge >= 0.3 is 5.97 Å². The summed E-state index contributed by atoms with van der Waals surface area (Å²) in [5.74, 6) is 0.231. The minimum Gasteiger partial charge on any atom is -0.468 e. The summed E-state index contributed by atoms with van der Waals surface area (Å²) in [6.45, 7) is -0.516. The van der Waals surface area contributed by atoms with E-state index in [2.05, 4.69) is 4.74 Å². The van der Waals surface area contributed by atoms with Gasteiger partial charge in [0.15, 0.2) is 0 Å². The lowest BCUT2D eigenvalue weighted by Gasteiger charge is -2.11. The molecule has 0 aliphatic carbocycles. The van der Waals surface area contributed by atoms with Gasteiger partial charge < -0.3 is 15.2 Å². The third-order valence-electron chi connectivity index (χ3n) is 3.07. The Morgan fingerprint density at radius 3 is 2.12 bits per heavy atom. The van der Waals surface area contributed by atoms with Crippen molar-refractivity contribution < 1.29 is 26.9 Å². The van der Waals surface area contributed by atoms with Crippen molar-refractivity contribution in [2.75, 3.05) is 13.7 Å². The van der Waals surface area contributed by atoms with Crippen molar-refractivity contribution in [2.45, 2.75) is 10.9 Å². The number of benzene rings is 2. The molecule has 25 heavy (non-hydrogen) atoms. The van der Waals surface area contributed by atoms with E-state index in [9.17, 15) is 13.2 Å². The molecule has 0 fully saturated rings. The lowest BCUT2D eigenvalue weighted by atomic mass is 10.3. The largest absolute Gasteiger partial charge is 0.468 e. The molecule has 0 aliphatic rings. The Bertz CT molecular complexity index is 821. The van der Waals surface area contributed by atoms with Crippen LogP contribution < -0.4 is 10.5 Å². The van der Waals surface area contributed by atoms with Gasteiger partial charge in [-0.2, -0.15) is 8.42 Å². The van der Waals surface area contributed by atoms with Crippen LogP contribution >= 0.6 is 11.6 Å². The molecule has 1 unspecified atom stereocenters. The number of nitrogens with two attached hydrogens (primary N) is 1. The Labute approximate surface area is 150 Å². The van der Waals surface area contributed by atoms with Crippen LogP contribution in [0.25, 0.3) is 0 Å². The van der Waals surface area contributed by atoms with Gasteiger partial charge in [0.2, 0.25) is 0 Å². The molecule has 0 saturated carbocycles. The molecule has 0 aliphatic heterocycles. The molecule has 0 saturated heterocycles. The quantitative estimate of drug-likeness (QED) is 0.576. The summed E-state index contributed by atoms with van der Waals surface area (Å²) >= 11 is 5.79. The van der Waals surface area contributed by atoms with E-state index in [4.69, 9.17) is 26.3 Å². The van der Waals surface area contributed by atoms with Crippen molar-refractivity contribution in [1.82, 2.24) is 0 Å². The number of carbonyl (C=O) groups is 1. The highest BCUT2D eigenvalue weighted by molar-refractivity contribution is 7.86. The monoisotopic (exact) mass is 385 g/mol. The van der Waals surface area contributed by atoms with Crippen molar-refractivity contribution in [3.63, 3.8) is 0 Å². The maximum absolute atomic E-state index is 12.1. The Hall–Kier alpha value is -2.13. The molecular formula is C16H16ClNO6S. The molecule has 0 bridgehead atoms. The van der Waals surface area contributed by atoms with Crippen LogP contribution in [-0.4, -0.2) is 34.1 Å². The van der Waals surface area contributed by atoms with Gasteiger partial charge in [-0.3, -0.25) is 8.98 Å². The third kappa shape index (κ3) is 5.43. The Morgan fingerprint density at radius 1 is 1.08 bits per heavy atom. The number of esters is 1. The van der Waals surface area contributed by atoms with Crippen LogP contribution in [0.4, 0.5) is 0 Å². The van der Waals surface area contributed by atoms with E-state index >= 15 is 0 Å². The van der Waals surface area contributed by atoms with Crippen LogP contribution in [0.15, 0.2) is 53.4 Å².